The van der Waals surface area contributed by atoms with E-state index >= 15 is 0 Å². The highest BCUT2D eigenvalue weighted by Gasteiger charge is 2.51. The third-order valence-electron chi connectivity index (χ3n) is 6.66. The van der Waals surface area contributed by atoms with E-state index < -0.39 is 0 Å². The van der Waals surface area contributed by atoms with Gasteiger partial charge in [-0.15, -0.1) is 11.8 Å². The fourth-order valence-electron chi connectivity index (χ4n) is 6.01. The Balaban J connectivity index is 1.39. The van der Waals surface area contributed by atoms with Crippen molar-refractivity contribution in [1.82, 2.24) is 0 Å². The molecule has 0 amide bonds. The molecule has 0 aromatic heterocycles. The van der Waals surface area contributed by atoms with E-state index in [1.165, 1.54) is 36.3 Å². The fourth-order valence-corrected chi connectivity index (χ4v) is 7.59. The van der Waals surface area contributed by atoms with Gasteiger partial charge in [0.15, 0.2) is 0 Å². The molecule has 116 valence electrons. The van der Waals surface area contributed by atoms with Crippen molar-refractivity contribution in [2.75, 3.05) is 0 Å². The van der Waals surface area contributed by atoms with E-state index in [2.05, 4.69) is 49.0 Å². The predicted octanol–water partition coefficient (Wildman–Crippen LogP) is 5.33. The second-order valence-electron chi connectivity index (χ2n) is 8.11. The van der Waals surface area contributed by atoms with E-state index in [-0.39, 0.29) is 0 Å². The summed E-state index contributed by atoms with van der Waals surface area (Å²) >= 11 is 2.10. The third kappa shape index (κ3) is 2.10. The molecule has 1 aromatic carbocycles. The molecule has 6 rings (SSSR count). The first-order chi connectivity index (χ1) is 10.8. The molecule has 1 nitrogen and oxygen atoms in total. The average molecular weight is 311 g/mol. The molecule has 4 aliphatic carbocycles. The molecule has 1 aromatic rings. The lowest BCUT2D eigenvalue weighted by Crippen LogP contribution is -2.47. The van der Waals surface area contributed by atoms with Crippen LogP contribution in [0.2, 0.25) is 0 Å². The van der Waals surface area contributed by atoms with Crippen LogP contribution in [0.3, 0.4) is 0 Å². The van der Waals surface area contributed by atoms with Gasteiger partial charge in [0, 0.05) is 5.92 Å². The number of benzene rings is 1. The van der Waals surface area contributed by atoms with Crippen LogP contribution in [-0.2, 0) is 0 Å². The maximum atomic E-state index is 5.17. The maximum Gasteiger partial charge on any atom is 0.0723 e. The van der Waals surface area contributed by atoms with Crippen LogP contribution in [0.5, 0.6) is 0 Å². The summed E-state index contributed by atoms with van der Waals surface area (Å²) in [7, 11) is 0. The smallest absolute Gasteiger partial charge is 0.0723 e. The highest BCUT2D eigenvalue weighted by molar-refractivity contribution is 8.14. The van der Waals surface area contributed by atoms with Gasteiger partial charge in [-0.25, -0.2) is 0 Å². The van der Waals surface area contributed by atoms with Crippen molar-refractivity contribution in [3.8, 4) is 0 Å². The van der Waals surface area contributed by atoms with Crippen LogP contribution in [-0.4, -0.2) is 11.1 Å². The molecule has 1 heterocycles. The minimum absolute atomic E-state index is 0.444. The van der Waals surface area contributed by atoms with Crippen LogP contribution in [0.25, 0.3) is 0 Å². The van der Waals surface area contributed by atoms with Gasteiger partial charge in [-0.2, -0.15) is 0 Å². The molecule has 5 aliphatic rings. The summed E-state index contributed by atoms with van der Waals surface area (Å²) in [4.78, 5) is 5.17. The number of thioether (sulfide) groups is 1. The van der Waals surface area contributed by atoms with E-state index in [4.69, 9.17) is 4.99 Å². The Bertz CT molecular complexity index is 565. The molecule has 0 N–H and O–H groups in total. The van der Waals surface area contributed by atoms with Crippen molar-refractivity contribution >= 4 is 16.8 Å². The number of nitrogens with zero attached hydrogens (tertiary/aromatic N) is 1. The van der Waals surface area contributed by atoms with Crippen LogP contribution < -0.4 is 0 Å². The molecule has 22 heavy (non-hydrogen) atoms. The Morgan fingerprint density at radius 2 is 1.55 bits per heavy atom. The Labute approximate surface area is 138 Å². The Morgan fingerprint density at radius 1 is 0.909 bits per heavy atom. The first-order valence-corrected chi connectivity index (χ1v) is 9.95. The molecular weight excluding hydrogens is 286 g/mol. The maximum absolute atomic E-state index is 5.17. The van der Waals surface area contributed by atoms with Gasteiger partial charge in [0.1, 0.15) is 0 Å². The Kier molecular flexibility index (Phi) is 3.18. The molecule has 2 unspecified atom stereocenters. The number of hydrogen-bond acceptors (Lipinski definition) is 2. The number of rotatable bonds is 2. The molecule has 4 bridgehead atoms. The molecule has 0 radical (unpaired) electrons. The van der Waals surface area contributed by atoms with Gasteiger partial charge in [0.25, 0.3) is 0 Å². The third-order valence-corrected chi connectivity index (χ3v) is 8.20. The molecule has 2 heteroatoms. The first kappa shape index (κ1) is 13.7. The lowest BCUT2D eigenvalue weighted by atomic mass is 9.52. The van der Waals surface area contributed by atoms with E-state index in [0.717, 1.165) is 29.6 Å². The zero-order valence-electron chi connectivity index (χ0n) is 13.3. The summed E-state index contributed by atoms with van der Waals surface area (Å²) in [6.07, 6.45) is 7.55. The van der Waals surface area contributed by atoms with Crippen molar-refractivity contribution in [2.45, 2.75) is 50.3 Å². The van der Waals surface area contributed by atoms with Crippen molar-refractivity contribution in [3.63, 3.8) is 0 Å². The van der Waals surface area contributed by atoms with Crippen LogP contribution in [0.15, 0.2) is 35.3 Å². The highest BCUT2D eigenvalue weighted by atomic mass is 32.2. The minimum atomic E-state index is 0.444. The molecule has 2 atom stereocenters. The van der Waals surface area contributed by atoms with Gasteiger partial charge < -0.3 is 0 Å². The average Bonchev–Trinajstić information content (AvgIpc) is 2.89. The molecule has 4 fully saturated rings. The topological polar surface area (TPSA) is 12.4 Å². The van der Waals surface area contributed by atoms with E-state index in [9.17, 15) is 0 Å². The van der Waals surface area contributed by atoms with Crippen LogP contribution in [0.4, 0.5) is 0 Å². The van der Waals surface area contributed by atoms with Crippen molar-refractivity contribution in [1.29, 1.82) is 0 Å². The lowest BCUT2D eigenvalue weighted by Gasteiger charge is -2.54. The van der Waals surface area contributed by atoms with Crippen LogP contribution in [0.1, 0.15) is 49.8 Å². The van der Waals surface area contributed by atoms with Crippen molar-refractivity contribution in [3.05, 3.63) is 35.9 Å². The molecular formula is C20H25NS. The largest absolute Gasteiger partial charge is 0.278 e. The molecule has 4 saturated carbocycles. The van der Waals surface area contributed by atoms with Gasteiger partial charge in [-0.3, -0.25) is 4.99 Å². The van der Waals surface area contributed by atoms with Gasteiger partial charge in [-0.1, -0.05) is 30.3 Å². The monoisotopic (exact) mass is 311 g/mol. The standard InChI is InChI=1S/C20H25NS/c1-12-19(15-5-3-2-4-6-15)22-20(21-12)18-16-8-13-7-14(10-16)11-17(18)9-13/h2-6,12-14,16-19H,7-11H2,1H3. The van der Waals surface area contributed by atoms with Gasteiger partial charge in [0.2, 0.25) is 0 Å². The fraction of sp³-hybridized carbons (Fsp3) is 0.650. The first-order valence-electron chi connectivity index (χ1n) is 9.07. The zero-order valence-corrected chi connectivity index (χ0v) is 14.1. The Morgan fingerprint density at radius 3 is 2.18 bits per heavy atom. The van der Waals surface area contributed by atoms with E-state index in [1.54, 1.807) is 6.42 Å². The molecule has 1 aliphatic heterocycles. The lowest BCUT2D eigenvalue weighted by molar-refractivity contribution is -0.00708. The molecule has 0 spiro atoms. The number of aliphatic imine (C=N–C) groups is 1. The minimum Gasteiger partial charge on any atom is -0.278 e. The van der Waals surface area contributed by atoms with Crippen LogP contribution in [0, 0.1) is 29.6 Å². The summed E-state index contributed by atoms with van der Waals surface area (Å²) < 4.78 is 0. The summed E-state index contributed by atoms with van der Waals surface area (Å²) in [6, 6.07) is 11.5. The summed E-state index contributed by atoms with van der Waals surface area (Å²) in [5, 5.41) is 2.07. The summed E-state index contributed by atoms with van der Waals surface area (Å²) in [6.45, 7) is 2.31. The van der Waals surface area contributed by atoms with E-state index in [1.807, 2.05) is 0 Å². The predicted molar refractivity (Wildman–Crippen MR) is 94.2 cm³/mol. The SMILES string of the molecule is CC1N=C(C2C3CC4CC(C3)CC2C4)SC1c1ccccc1. The second kappa shape index (κ2) is 5.12. The van der Waals surface area contributed by atoms with Crippen molar-refractivity contribution in [2.24, 2.45) is 34.6 Å². The summed E-state index contributed by atoms with van der Waals surface area (Å²) in [5.41, 5.74) is 1.46. The summed E-state index contributed by atoms with van der Waals surface area (Å²) in [5.74, 6) is 4.86. The number of hydrogen-bond donors (Lipinski definition) is 0. The zero-order chi connectivity index (χ0) is 14.7. The highest BCUT2D eigenvalue weighted by Crippen LogP contribution is 2.59. The normalized spacial score (nSPS) is 46.0. The van der Waals surface area contributed by atoms with E-state index in [0.29, 0.717) is 11.3 Å². The van der Waals surface area contributed by atoms with Crippen LogP contribution >= 0.6 is 11.8 Å². The van der Waals surface area contributed by atoms with Gasteiger partial charge in [-0.05, 0) is 68.3 Å². The Hall–Kier alpha value is -0.760. The van der Waals surface area contributed by atoms with Crippen molar-refractivity contribution < 1.29 is 0 Å². The van der Waals surface area contributed by atoms with Gasteiger partial charge >= 0.3 is 0 Å². The molecule has 0 saturated heterocycles. The second-order valence-corrected chi connectivity index (χ2v) is 9.28. The quantitative estimate of drug-likeness (QED) is 0.718. The van der Waals surface area contributed by atoms with Gasteiger partial charge in [0.05, 0.1) is 16.3 Å².